The van der Waals surface area contributed by atoms with E-state index in [9.17, 15) is 14.2 Å². The molecule has 154 valence electrons. The van der Waals surface area contributed by atoms with E-state index in [2.05, 4.69) is 0 Å². The molecule has 4 N–H and O–H groups in total. The van der Waals surface area contributed by atoms with Gasteiger partial charge in [-0.15, -0.1) is 0 Å². The molecule has 29 heavy (non-hydrogen) atoms. The van der Waals surface area contributed by atoms with Crippen molar-refractivity contribution >= 4 is 19.4 Å². The topological polar surface area (TPSA) is 125 Å². The van der Waals surface area contributed by atoms with Crippen LogP contribution < -0.4 is 20.5 Å². The van der Waals surface area contributed by atoms with E-state index in [4.69, 9.17) is 20.5 Å². The number of hydrogen-bond acceptors (Lipinski definition) is 6. The van der Waals surface area contributed by atoms with Crippen LogP contribution in [0.25, 0.3) is 0 Å². The largest absolute Gasteiger partial charge is 0.453 e. The quantitative estimate of drug-likeness (QED) is 0.636. The van der Waals surface area contributed by atoms with Crippen LogP contribution in [0.5, 0.6) is 11.5 Å². The molecule has 0 aliphatic carbocycles. The molecule has 1 aliphatic heterocycles. The molecule has 0 bridgehead atoms. The zero-order chi connectivity index (χ0) is 20.9. The predicted octanol–water partition coefficient (Wildman–Crippen LogP) is 2.49. The lowest BCUT2D eigenvalue weighted by molar-refractivity contribution is -0.134. The lowest BCUT2D eigenvalue weighted by Gasteiger charge is -2.32. The standard InChI is InChI=1S/C20H24N3O5P/c21-17(14-18(22)24)20(25)23-13-7-12-19(23)29(26,27-15-8-3-1-4-9-15)28-16-10-5-2-6-11-16/h1-6,8-11,17,19H,7,12-14,21H2,(H2,22,24)/t17-,19?/m0/s1. The summed E-state index contributed by atoms with van der Waals surface area (Å²) in [7, 11) is -3.86. The highest BCUT2D eigenvalue weighted by Crippen LogP contribution is 2.56. The maximum atomic E-state index is 13.9. The molecule has 1 unspecified atom stereocenters. The van der Waals surface area contributed by atoms with Crippen LogP contribution in [-0.2, 0) is 14.2 Å². The van der Waals surface area contributed by atoms with Gasteiger partial charge in [0, 0.05) is 6.54 Å². The van der Waals surface area contributed by atoms with Gasteiger partial charge >= 0.3 is 7.60 Å². The van der Waals surface area contributed by atoms with Crippen LogP contribution in [0.3, 0.4) is 0 Å². The molecular weight excluding hydrogens is 393 g/mol. The number of nitrogens with two attached hydrogens (primary N) is 2. The van der Waals surface area contributed by atoms with Gasteiger partial charge in [0.2, 0.25) is 11.8 Å². The number of rotatable bonds is 8. The molecule has 2 aromatic carbocycles. The minimum Gasteiger partial charge on any atom is -0.415 e. The van der Waals surface area contributed by atoms with Gasteiger partial charge in [0.15, 0.2) is 5.78 Å². The number of para-hydroxylation sites is 2. The Hall–Kier alpha value is -2.83. The van der Waals surface area contributed by atoms with Crippen LogP contribution >= 0.6 is 7.60 Å². The van der Waals surface area contributed by atoms with Gasteiger partial charge in [-0.05, 0) is 37.1 Å². The number of nitrogens with zero attached hydrogens (tertiary/aromatic N) is 1. The Kier molecular flexibility index (Phi) is 6.56. The Labute approximate surface area is 169 Å². The van der Waals surface area contributed by atoms with Crippen molar-refractivity contribution in [3.63, 3.8) is 0 Å². The molecule has 0 aromatic heterocycles. The van der Waals surface area contributed by atoms with E-state index in [0.29, 0.717) is 30.9 Å². The summed E-state index contributed by atoms with van der Waals surface area (Å²) in [5.41, 5.74) is 11.0. The zero-order valence-electron chi connectivity index (χ0n) is 15.8. The molecular formula is C20H24N3O5P. The van der Waals surface area contributed by atoms with Crippen molar-refractivity contribution in [3.8, 4) is 11.5 Å². The average Bonchev–Trinajstić information content (AvgIpc) is 3.19. The van der Waals surface area contributed by atoms with Crippen LogP contribution in [0.1, 0.15) is 19.3 Å². The molecule has 1 heterocycles. The normalized spacial score (nSPS) is 17.6. The molecule has 1 saturated heterocycles. The Morgan fingerprint density at radius 1 is 1.03 bits per heavy atom. The molecule has 3 rings (SSSR count). The molecule has 2 aromatic rings. The SMILES string of the molecule is NC(=O)C[C@H](N)C(=O)N1CCCC1P(=O)(Oc1ccccc1)Oc1ccccc1. The Bertz CT molecular complexity index is 848. The molecule has 0 radical (unpaired) electrons. The highest BCUT2D eigenvalue weighted by Gasteiger charge is 2.48. The summed E-state index contributed by atoms with van der Waals surface area (Å²) in [6, 6.07) is 16.2. The van der Waals surface area contributed by atoms with Gasteiger partial charge < -0.3 is 25.4 Å². The summed E-state index contributed by atoms with van der Waals surface area (Å²) in [6.07, 6.45) is 0.747. The monoisotopic (exact) mass is 417 g/mol. The second-order valence-corrected chi connectivity index (χ2v) is 8.82. The number of carbonyl (C=O) groups is 2. The molecule has 0 saturated carbocycles. The van der Waals surface area contributed by atoms with Crippen LogP contribution in [0, 0.1) is 0 Å². The average molecular weight is 417 g/mol. The molecule has 9 heteroatoms. The van der Waals surface area contributed by atoms with Crippen LogP contribution in [0.4, 0.5) is 0 Å². The third-order valence-electron chi connectivity index (χ3n) is 4.56. The maximum absolute atomic E-state index is 13.9. The van der Waals surface area contributed by atoms with Crippen LogP contribution in [0.15, 0.2) is 60.7 Å². The molecule has 1 aliphatic rings. The summed E-state index contributed by atoms with van der Waals surface area (Å²) in [5.74, 6) is -1.26. The first-order chi connectivity index (χ1) is 13.9. The first kappa shape index (κ1) is 20.9. The lowest BCUT2D eigenvalue weighted by Crippen LogP contribution is -2.48. The van der Waals surface area contributed by atoms with Crippen molar-refractivity contribution in [1.29, 1.82) is 0 Å². The van der Waals surface area contributed by atoms with Crippen LogP contribution in [-0.4, -0.2) is 35.1 Å². The van der Waals surface area contributed by atoms with E-state index >= 15 is 0 Å². The molecule has 2 amide bonds. The second-order valence-electron chi connectivity index (χ2n) is 6.78. The lowest BCUT2D eigenvalue weighted by atomic mass is 10.2. The van der Waals surface area contributed by atoms with E-state index in [1.54, 1.807) is 48.5 Å². The Morgan fingerprint density at radius 3 is 2.03 bits per heavy atom. The highest BCUT2D eigenvalue weighted by molar-refractivity contribution is 7.55. The van der Waals surface area contributed by atoms with E-state index in [-0.39, 0.29) is 6.42 Å². The maximum Gasteiger partial charge on any atom is 0.453 e. The van der Waals surface area contributed by atoms with E-state index in [0.717, 1.165) is 0 Å². The van der Waals surface area contributed by atoms with Gasteiger partial charge in [-0.2, -0.15) is 0 Å². The van der Waals surface area contributed by atoms with E-state index < -0.39 is 31.2 Å². The minimum absolute atomic E-state index is 0.286. The molecule has 2 atom stereocenters. The van der Waals surface area contributed by atoms with Crippen molar-refractivity contribution in [2.45, 2.75) is 31.1 Å². The smallest absolute Gasteiger partial charge is 0.415 e. The van der Waals surface area contributed by atoms with E-state index in [1.807, 2.05) is 12.1 Å². The van der Waals surface area contributed by atoms with Crippen molar-refractivity contribution in [1.82, 2.24) is 4.90 Å². The van der Waals surface area contributed by atoms with Gasteiger partial charge in [0.25, 0.3) is 0 Å². The third-order valence-corrected chi connectivity index (χ3v) is 6.76. The summed E-state index contributed by atoms with van der Waals surface area (Å²) >= 11 is 0. The number of amides is 2. The Morgan fingerprint density at radius 2 is 1.55 bits per heavy atom. The first-order valence-corrected chi connectivity index (χ1v) is 10.9. The Balaban J connectivity index is 1.90. The fourth-order valence-corrected chi connectivity index (χ4v) is 5.43. The van der Waals surface area contributed by atoms with Crippen molar-refractivity contribution in [2.24, 2.45) is 11.5 Å². The van der Waals surface area contributed by atoms with Crippen molar-refractivity contribution in [2.75, 3.05) is 6.54 Å². The number of carbonyl (C=O) groups excluding carboxylic acids is 2. The second kappa shape index (κ2) is 9.11. The van der Waals surface area contributed by atoms with Crippen molar-refractivity contribution in [3.05, 3.63) is 60.7 Å². The zero-order valence-corrected chi connectivity index (χ0v) is 16.7. The summed E-state index contributed by atoms with van der Waals surface area (Å²) in [4.78, 5) is 25.3. The van der Waals surface area contributed by atoms with Gasteiger partial charge in [0.05, 0.1) is 12.5 Å². The number of likely N-dealkylation sites (tertiary alicyclic amines) is 1. The van der Waals surface area contributed by atoms with Gasteiger partial charge in [-0.1, -0.05) is 36.4 Å². The fourth-order valence-electron chi connectivity index (χ4n) is 3.25. The number of primary amides is 1. The first-order valence-electron chi connectivity index (χ1n) is 9.32. The predicted molar refractivity (Wildman–Crippen MR) is 108 cm³/mol. The van der Waals surface area contributed by atoms with Crippen molar-refractivity contribution < 1.29 is 23.2 Å². The third kappa shape index (κ3) is 5.16. The summed E-state index contributed by atoms with van der Waals surface area (Å²) < 4.78 is 25.6. The van der Waals surface area contributed by atoms with Gasteiger partial charge in [-0.3, -0.25) is 9.59 Å². The molecule has 8 nitrogen and oxygen atoms in total. The van der Waals surface area contributed by atoms with Gasteiger partial charge in [0.1, 0.15) is 11.5 Å². The molecule has 0 spiro atoms. The number of hydrogen-bond donors (Lipinski definition) is 2. The minimum atomic E-state index is -3.86. The number of benzene rings is 2. The summed E-state index contributed by atoms with van der Waals surface area (Å²) in [6.45, 7) is 0.344. The van der Waals surface area contributed by atoms with E-state index in [1.165, 1.54) is 4.90 Å². The highest BCUT2D eigenvalue weighted by atomic mass is 31.2. The molecule has 1 fully saturated rings. The summed E-state index contributed by atoms with van der Waals surface area (Å²) in [5, 5.41) is 0. The van der Waals surface area contributed by atoms with Gasteiger partial charge in [-0.25, -0.2) is 4.57 Å². The van der Waals surface area contributed by atoms with Crippen LogP contribution in [0.2, 0.25) is 0 Å². The fraction of sp³-hybridized carbons (Fsp3) is 0.300.